The van der Waals surface area contributed by atoms with Crippen LogP contribution in [0, 0.1) is 0 Å². The molecular weight excluding hydrogens is 244 g/mol. The molecule has 2 heterocycles. The number of ether oxygens (including phenoxy) is 2. The third kappa shape index (κ3) is 2.53. The number of aromatic nitrogens is 3. The highest BCUT2D eigenvalue weighted by Crippen LogP contribution is 2.34. The van der Waals surface area contributed by atoms with E-state index in [9.17, 15) is 0 Å². The lowest BCUT2D eigenvalue weighted by molar-refractivity contribution is 0.174. The summed E-state index contributed by atoms with van der Waals surface area (Å²) in [6, 6.07) is 6.18. The quantitative estimate of drug-likeness (QED) is 0.900. The van der Waals surface area contributed by atoms with Gasteiger partial charge in [-0.25, -0.2) is 4.98 Å². The smallest absolute Gasteiger partial charge is 0.231 e. The van der Waals surface area contributed by atoms with Gasteiger partial charge in [0, 0.05) is 13.1 Å². The van der Waals surface area contributed by atoms with Crippen molar-refractivity contribution < 1.29 is 9.47 Å². The summed E-state index contributed by atoms with van der Waals surface area (Å²) < 4.78 is 12.4. The second kappa shape index (κ2) is 4.89. The molecule has 100 valence electrons. The Bertz CT molecular complexity index is 582. The Labute approximate surface area is 111 Å². The highest BCUT2D eigenvalue weighted by Gasteiger charge is 2.15. The third-order valence-corrected chi connectivity index (χ3v) is 3.11. The first kappa shape index (κ1) is 12.0. The molecule has 1 atom stereocenters. The zero-order chi connectivity index (χ0) is 13.2. The van der Waals surface area contributed by atoms with Gasteiger partial charge in [0.05, 0.1) is 6.54 Å². The van der Waals surface area contributed by atoms with Gasteiger partial charge in [-0.05, 0) is 24.6 Å². The summed E-state index contributed by atoms with van der Waals surface area (Å²) >= 11 is 0. The van der Waals surface area contributed by atoms with E-state index in [1.807, 2.05) is 25.2 Å². The van der Waals surface area contributed by atoms with E-state index in [1.54, 1.807) is 11.0 Å². The molecular formula is C13H16N4O2. The van der Waals surface area contributed by atoms with Crippen LogP contribution in [0.1, 0.15) is 24.4 Å². The van der Waals surface area contributed by atoms with Crippen LogP contribution in [0.5, 0.6) is 11.5 Å². The summed E-state index contributed by atoms with van der Waals surface area (Å²) in [6.45, 7) is 3.04. The molecule has 1 aromatic heterocycles. The topological polar surface area (TPSA) is 61.2 Å². The van der Waals surface area contributed by atoms with Crippen molar-refractivity contribution in [3.63, 3.8) is 0 Å². The van der Waals surface area contributed by atoms with E-state index in [4.69, 9.17) is 9.47 Å². The largest absolute Gasteiger partial charge is 0.454 e. The fraction of sp³-hybridized carbons (Fsp3) is 0.385. The van der Waals surface area contributed by atoms with Gasteiger partial charge >= 0.3 is 0 Å². The fourth-order valence-electron chi connectivity index (χ4n) is 2.01. The normalized spacial score (nSPS) is 14.6. The van der Waals surface area contributed by atoms with E-state index in [0.29, 0.717) is 13.3 Å². The molecule has 0 aliphatic carbocycles. The zero-order valence-corrected chi connectivity index (χ0v) is 11.0. The van der Waals surface area contributed by atoms with Gasteiger partial charge in [0.25, 0.3) is 0 Å². The summed E-state index contributed by atoms with van der Waals surface area (Å²) in [5.74, 6) is 2.40. The van der Waals surface area contributed by atoms with Crippen LogP contribution in [0.3, 0.4) is 0 Å². The highest BCUT2D eigenvalue weighted by molar-refractivity contribution is 5.45. The Morgan fingerprint density at radius 1 is 1.37 bits per heavy atom. The van der Waals surface area contributed by atoms with Crippen LogP contribution in [-0.4, -0.2) is 21.6 Å². The molecule has 19 heavy (non-hydrogen) atoms. The Morgan fingerprint density at radius 2 is 2.21 bits per heavy atom. The van der Waals surface area contributed by atoms with Gasteiger partial charge in [0.1, 0.15) is 6.33 Å². The number of nitrogens with zero attached hydrogens (tertiary/aromatic N) is 3. The van der Waals surface area contributed by atoms with Crippen LogP contribution < -0.4 is 14.8 Å². The van der Waals surface area contributed by atoms with Gasteiger partial charge in [-0.1, -0.05) is 6.07 Å². The van der Waals surface area contributed by atoms with Crippen LogP contribution in [0.4, 0.5) is 0 Å². The maximum atomic E-state index is 5.38. The molecule has 0 fully saturated rings. The molecule has 1 aromatic carbocycles. The average Bonchev–Trinajstić information content (AvgIpc) is 3.03. The van der Waals surface area contributed by atoms with Gasteiger partial charge in [-0.15, -0.1) is 0 Å². The van der Waals surface area contributed by atoms with Crippen molar-refractivity contribution in [2.45, 2.75) is 19.5 Å². The SMILES string of the molecule is CC(NCc1ncn(C)n1)c1ccc2c(c1)OCO2. The molecule has 0 amide bonds. The molecule has 1 aliphatic heterocycles. The van der Waals surface area contributed by atoms with E-state index in [2.05, 4.69) is 22.3 Å². The van der Waals surface area contributed by atoms with Crippen LogP contribution in [0.15, 0.2) is 24.5 Å². The lowest BCUT2D eigenvalue weighted by atomic mass is 10.1. The monoisotopic (exact) mass is 260 g/mol. The Hall–Kier alpha value is -2.08. The second-order valence-electron chi connectivity index (χ2n) is 4.55. The summed E-state index contributed by atoms with van der Waals surface area (Å²) in [5.41, 5.74) is 1.15. The first-order valence-corrected chi connectivity index (χ1v) is 6.20. The maximum Gasteiger partial charge on any atom is 0.231 e. The number of hydrogen-bond acceptors (Lipinski definition) is 5. The summed E-state index contributed by atoms with van der Waals surface area (Å²) in [7, 11) is 1.86. The minimum Gasteiger partial charge on any atom is -0.454 e. The third-order valence-electron chi connectivity index (χ3n) is 3.11. The zero-order valence-electron chi connectivity index (χ0n) is 11.0. The van der Waals surface area contributed by atoms with Crippen LogP contribution in [0.2, 0.25) is 0 Å². The number of aryl methyl sites for hydroxylation is 1. The van der Waals surface area contributed by atoms with Gasteiger partial charge in [0.15, 0.2) is 17.3 Å². The van der Waals surface area contributed by atoms with Crippen molar-refractivity contribution in [1.82, 2.24) is 20.1 Å². The highest BCUT2D eigenvalue weighted by atomic mass is 16.7. The van der Waals surface area contributed by atoms with E-state index in [1.165, 1.54) is 0 Å². The van der Waals surface area contributed by atoms with Gasteiger partial charge in [-0.3, -0.25) is 4.68 Å². The number of hydrogen-bond donors (Lipinski definition) is 1. The van der Waals surface area contributed by atoms with Crippen molar-refractivity contribution in [2.75, 3.05) is 6.79 Å². The van der Waals surface area contributed by atoms with E-state index in [-0.39, 0.29) is 6.04 Å². The Kier molecular flexibility index (Phi) is 3.08. The Balaban J connectivity index is 1.65. The van der Waals surface area contributed by atoms with Crippen LogP contribution >= 0.6 is 0 Å². The average molecular weight is 260 g/mol. The molecule has 1 aliphatic rings. The van der Waals surface area contributed by atoms with E-state index < -0.39 is 0 Å². The Morgan fingerprint density at radius 3 is 3.00 bits per heavy atom. The standard InChI is InChI=1S/C13H16N4O2/c1-9(14-6-13-15-7-17(2)16-13)10-3-4-11-12(5-10)19-8-18-11/h3-5,7,9,14H,6,8H2,1-2H3. The molecule has 0 spiro atoms. The number of nitrogens with one attached hydrogen (secondary N) is 1. The number of benzene rings is 1. The minimum absolute atomic E-state index is 0.193. The van der Waals surface area contributed by atoms with Crippen molar-refractivity contribution in [3.8, 4) is 11.5 Å². The van der Waals surface area contributed by atoms with Crippen molar-refractivity contribution in [2.24, 2.45) is 7.05 Å². The summed E-state index contributed by atoms with van der Waals surface area (Å²) in [4.78, 5) is 4.18. The maximum absolute atomic E-state index is 5.38. The predicted octanol–water partition coefficient (Wildman–Crippen LogP) is 1.39. The number of fused-ring (bicyclic) bond motifs is 1. The van der Waals surface area contributed by atoms with Crippen molar-refractivity contribution in [3.05, 3.63) is 35.9 Å². The molecule has 0 saturated heterocycles. The van der Waals surface area contributed by atoms with E-state index >= 15 is 0 Å². The molecule has 6 heteroatoms. The van der Waals surface area contributed by atoms with Gasteiger partial charge < -0.3 is 14.8 Å². The van der Waals surface area contributed by atoms with Crippen molar-refractivity contribution in [1.29, 1.82) is 0 Å². The number of rotatable bonds is 4. The van der Waals surface area contributed by atoms with E-state index in [0.717, 1.165) is 22.9 Å². The van der Waals surface area contributed by atoms with Gasteiger partial charge in [-0.2, -0.15) is 5.10 Å². The fourth-order valence-corrected chi connectivity index (χ4v) is 2.01. The van der Waals surface area contributed by atoms with Gasteiger partial charge in [0.2, 0.25) is 6.79 Å². The van der Waals surface area contributed by atoms with Crippen molar-refractivity contribution >= 4 is 0 Å². The summed E-state index contributed by atoms with van der Waals surface area (Å²) in [5, 5.41) is 7.62. The first-order chi connectivity index (χ1) is 9.22. The molecule has 1 N–H and O–H groups in total. The van der Waals surface area contributed by atoms with Crippen LogP contribution in [-0.2, 0) is 13.6 Å². The first-order valence-electron chi connectivity index (χ1n) is 6.20. The molecule has 0 bridgehead atoms. The second-order valence-corrected chi connectivity index (χ2v) is 4.55. The lowest BCUT2D eigenvalue weighted by Gasteiger charge is -2.13. The molecule has 0 radical (unpaired) electrons. The molecule has 2 aromatic rings. The lowest BCUT2D eigenvalue weighted by Crippen LogP contribution is -2.19. The molecule has 6 nitrogen and oxygen atoms in total. The molecule has 0 saturated carbocycles. The van der Waals surface area contributed by atoms with Crippen LogP contribution in [0.25, 0.3) is 0 Å². The molecule has 1 unspecified atom stereocenters. The minimum atomic E-state index is 0.193. The molecule has 3 rings (SSSR count). The summed E-state index contributed by atoms with van der Waals surface area (Å²) in [6.07, 6.45) is 1.70. The predicted molar refractivity (Wildman–Crippen MR) is 68.8 cm³/mol.